The van der Waals surface area contributed by atoms with Gasteiger partial charge in [0.25, 0.3) is 0 Å². The van der Waals surface area contributed by atoms with E-state index in [2.05, 4.69) is 10.1 Å². The Morgan fingerprint density at radius 3 is 2.39 bits per heavy atom. The molecular weight excluding hydrogens is 337 g/mol. The van der Waals surface area contributed by atoms with Crippen LogP contribution in [0.1, 0.15) is 0 Å². The van der Waals surface area contributed by atoms with Crippen molar-refractivity contribution in [3.05, 3.63) is 52.8 Å². The first-order valence-electron chi connectivity index (χ1n) is 5.00. The summed E-state index contributed by atoms with van der Waals surface area (Å²) < 4.78 is 1.66. The fourth-order valence-electron chi connectivity index (χ4n) is 1.62. The van der Waals surface area contributed by atoms with E-state index in [4.69, 9.17) is 23.2 Å². The smallest absolute Gasteiger partial charge is 0.154 e. The van der Waals surface area contributed by atoms with Crippen LogP contribution in [0.15, 0.2) is 42.6 Å². The molecule has 0 saturated carbocycles. The SMILES string of the molecule is Br.Clc1ccc(-c2cn3nc(Cl)ccc3n2)cc1. The van der Waals surface area contributed by atoms with Crippen LogP contribution >= 0.6 is 40.2 Å². The third-order valence-electron chi connectivity index (χ3n) is 2.43. The molecule has 0 bridgehead atoms. The standard InChI is InChI=1S/C12H7Cl2N3.BrH/c13-9-3-1-8(2-4-9)10-7-17-12(15-10)6-5-11(14)16-17;/h1-7H;1H. The van der Waals surface area contributed by atoms with E-state index in [0.717, 1.165) is 16.9 Å². The van der Waals surface area contributed by atoms with Crippen molar-refractivity contribution in [2.45, 2.75) is 0 Å². The van der Waals surface area contributed by atoms with Gasteiger partial charge in [-0.25, -0.2) is 9.50 Å². The van der Waals surface area contributed by atoms with Crippen molar-refractivity contribution in [2.75, 3.05) is 0 Å². The molecule has 0 fully saturated rings. The van der Waals surface area contributed by atoms with Gasteiger partial charge in [0.05, 0.1) is 11.9 Å². The Hall–Kier alpha value is -1.10. The van der Waals surface area contributed by atoms with Crippen molar-refractivity contribution >= 4 is 45.8 Å². The number of imidazole rings is 1. The lowest BCUT2D eigenvalue weighted by atomic mass is 10.2. The molecular formula is C12H8BrCl2N3. The number of rotatable bonds is 1. The van der Waals surface area contributed by atoms with E-state index in [1.807, 2.05) is 36.5 Å². The molecule has 0 radical (unpaired) electrons. The van der Waals surface area contributed by atoms with Crippen molar-refractivity contribution in [3.8, 4) is 11.3 Å². The van der Waals surface area contributed by atoms with Gasteiger partial charge in [0.1, 0.15) is 5.15 Å². The van der Waals surface area contributed by atoms with Crippen LogP contribution in [0.25, 0.3) is 16.9 Å². The average Bonchev–Trinajstić information content (AvgIpc) is 2.72. The molecule has 0 amide bonds. The molecule has 3 rings (SSSR count). The highest BCUT2D eigenvalue weighted by Gasteiger charge is 2.05. The normalized spacial score (nSPS) is 10.3. The highest BCUT2D eigenvalue weighted by molar-refractivity contribution is 8.93. The van der Waals surface area contributed by atoms with Crippen molar-refractivity contribution in [3.63, 3.8) is 0 Å². The second-order valence-corrected chi connectivity index (χ2v) is 4.42. The summed E-state index contributed by atoms with van der Waals surface area (Å²) >= 11 is 11.7. The lowest BCUT2D eigenvalue weighted by Gasteiger charge is -1.94. The average molecular weight is 345 g/mol. The second kappa shape index (κ2) is 5.26. The van der Waals surface area contributed by atoms with Crippen molar-refractivity contribution in [1.29, 1.82) is 0 Å². The van der Waals surface area contributed by atoms with Gasteiger partial charge in [0, 0.05) is 10.6 Å². The lowest BCUT2D eigenvalue weighted by molar-refractivity contribution is 0.937. The first-order valence-corrected chi connectivity index (χ1v) is 5.76. The van der Waals surface area contributed by atoms with E-state index >= 15 is 0 Å². The summed E-state index contributed by atoms with van der Waals surface area (Å²) in [6.07, 6.45) is 1.84. The lowest BCUT2D eigenvalue weighted by Crippen LogP contribution is -1.88. The van der Waals surface area contributed by atoms with Gasteiger partial charge >= 0.3 is 0 Å². The first-order chi connectivity index (χ1) is 8.22. The van der Waals surface area contributed by atoms with Crippen molar-refractivity contribution < 1.29 is 0 Å². The molecule has 0 saturated heterocycles. The Bertz CT molecular complexity index is 679. The molecule has 0 N–H and O–H groups in total. The van der Waals surface area contributed by atoms with Crippen LogP contribution in [0.4, 0.5) is 0 Å². The van der Waals surface area contributed by atoms with Gasteiger partial charge < -0.3 is 0 Å². The monoisotopic (exact) mass is 343 g/mol. The maximum absolute atomic E-state index is 5.84. The number of benzene rings is 1. The van der Waals surface area contributed by atoms with Crippen LogP contribution in [0, 0.1) is 0 Å². The second-order valence-electron chi connectivity index (χ2n) is 3.59. The van der Waals surface area contributed by atoms with Gasteiger partial charge in [-0.05, 0) is 24.3 Å². The van der Waals surface area contributed by atoms with E-state index in [1.54, 1.807) is 10.6 Å². The molecule has 92 valence electrons. The maximum Gasteiger partial charge on any atom is 0.154 e. The van der Waals surface area contributed by atoms with E-state index in [-0.39, 0.29) is 17.0 Å². The van der Waals surface area contributed by atoms with E-state index < -0.39 is 0 Å². The Balaban J connectivity index is 0.00000120. The fraction of sp³-hybridized carbons (Fsp3) is 0. The molecule has 0 aliphatic carbocycles. The van der Waals surface area contributed by atoms with Gasteiger partial charge in [-0.15, -0.1) is 17.0 Å². The number of hydrogen-bond donors (Lipinski definition) is 0. The summed E-state index contributed by atoms with van der Waals surface area (Å²) in [5, 5.41) is 5.28. The molecule has 3 aromatic rings. The topological polar surface area (TPSA) is 30.2 Å². The molecule has 18 heavy (non-hydrogen) atoms. The summed E-state index contributed by atoms with van der Waals surface area (Å²) in [6.45, 7) is 0. The van der Waals surface area contributed by atoms with E-state index in [0.29, 0.717) is 10.2 Å². The van der Waals surface area contributed by atoms with Crippen LogP contribution in [-0.4, -0.2) is 14.6 Å². The summed E-state index contributed by atoms with van der Waals surface area (Å²) in [6, 6.07) is 11.1. The van der Waals surface area contributed by atoms with Crippen LogP contribution in [-0.2, 0) is 0 Å². The molecule has 0 aliphatic heterocycles. The largest absolute Gasteiger partial charge is 0.227 e. The fourth-order valence-corrected chi connectivity index (χ4v) is 1.89. The van der Waals surface area contributed by atoms with Gasteiger partial charge in [0.2, 0.25) is 0 Å². The molecule has 2 aromatic heterocycles. The minimum Gasteiger partial charge on any atom is -0.227 e. The summed E-state index contributed by atoms with van der Waals surface area (Å²) in [7, 11) is 0. The molecule has 0 spiro atoms. The Morgan fingerprint density at radius 1 is 0.944 bits per heavy atom. The number of hydrogen-bond acceptors (Lipinski definition) is 2. The van der Waals surface area contributed by atoms with Crippen LogP contribution in [0.5, 0.6) is 0 Å². The molecule has 0 aliphatic rings. The maximum atomic E-state index is 5.84. The van der Waals surface area contributed by atoms with Crippen molar-refractivity contribution in [1.82, 2.24) is 14.6 Å². The highest BCUT2D eigenvalue weighted by Crippen LogP contribution is 2.21. The quantitative estimate of drug-likeness (QED) is 0.659. The highest BCUT2D eigenvalue weighted by atomic mass is 79.9. The molecule has 0 atom stereocenters. The predicted molar refractivity (Wildman–Crippen MR) is 78.8 cm³/mol. The van der Waals surface area contributed by atoms with E-state index in [1.165, 1.54) is 0 Å². The summed E-state index contributed by atoms with van der Waals surface area (Å²) in [5.74, 6) is 0. The third-order valence-corrected chi connectivity index (χ3v) is 2.88. The predicted octanol–water partition coefficient (Wildman–Crippen LogP) is 4.28. The molecule has 2 heterocycles. The number of aromatic nitrogens is 3. The Labute approximate surface area is 124 Å². The van der Waals surface area contributed by atoms with Gasteiger partial charge in [0.15, 0.2) is 5.65 Å². The van der Waals surface area contributed by atoms with Gasteiger partial charge in [-0.2, -0.15) is 5.10 Å². The van der Waals surface area contributed by atoms with Crippen molar-refractivity contribution in [2.24, 2.45) is 0 Å². The summed E-state index contributed by atoms with van der Waals surface area (Å²) in [4.78, 5) is 4.45. The summed E-state index contributed by atoms with van der Waals surface area (Å²) in [5.41, 5.74) is 2.60. The molecule has 1 aromatic carbocycles. The zero-order valence-electron chi connectivity index (χ0n) is 9.05. The van der Waals surface area contributed by atoms with E-state index in [9.17, 15) is 0 Å². The van der Waals surface area contributed by atoms with Crippen LogP contribution in [0.3, 0.4) is 0 Å². The molecule has 0 unspecified atom stereocenters. The molecule has 6 heteroatoms. The zero-order valence-corrected chi connectivity index (χ0v) is 12.3. The number of nitrogens with zero attached hydrogens (tertiary/aromatic N) is 3. The third kappa shape index (κ3) is 2.51. The number of fused-ring (bicyclic) bond motifs is 1. The van der Waals surface area contributed by atoms with Gasteiger partial charge in [-0.3, -0.25) is 0 Å². The molecule has 3 nitrogen and oxygen atoms in total. The Morgan fingerprint density at radius 2 is 1.67 bits per heavy atom. The van der Waals surface area contributed by atoms with Crippen LogP contribution in [0.2, 0.25) is 10.2 Å². The minimum atomic E-state index is 0. The van der Waals surface area contributed by atoms with Crippen LogP contribution < -0.4 is 0 Å². The number of halogens is 3. The first kappa shape index (κ1) is 13.3. The zero-order chi connectivity index (χ0) is 11.8. The van der Waals surface area contributed by atoms with Gasteiger partial charge in [-0.1, -0.05) is 35.3 Å². The Kier molecular flexibility index (Phi) is 3.90. The minimum absolute atomic E-state index is 0.